The summed E-state index contributed by atoms with van der Waals surface area (Å²) in [7, 11) is 0. The third kappa shape index (κ3) is 2.41. The van der Waals surface area contributed by atoms with Gasteiger partial charge in [0.2, 0.25) is 0 Å². The van der Waals surface area contributed by atoms with Crippen LogP contribution in [0, 0.1) is 11.3 Å². The topological polar surface area (TPSA) is 87.6 Å². The number of anilines is 1. The molecule has 0 aliphatic heterocycles. The van der Waals surface area contributed by atoms with Crippen molar-refractivity contribution in [1.29, 1.82) is 5.26 Å². The average molecular weight is 191 g/mol. The van der Waals surface area contributed by atoms with E-state index in [9.17, 15) is 0 Å². The van der Waals surface area contributed by atoms with Gasteiger partial charge in [0.05, 0.1) is 6.20 Å². The molecule has 5 nitrogen and oxygen atoms in total. The third-order valence-electron chi connectivity index (χ3n) is 1.80. The highest BCUT2D eigenvalue weighted by molar-refractivity contribution is 5.51. The van der Waals surface area contributed by atoms with E-state index in [1.807, 2.05) is 19.9 Å². The van der Waals surface area contributed by atoms with Crippen LogP contribution in [-0.2, 0) is 0 Å². The second-order valence-electron chi connectivity index (χ2n) is 3.61. The summed E-state index contributed by atoms with van der Waals surface area (Å²) in [6.45, 7) is 4.34. The largest absolute Gasteiger partial charge is 0.363 e. The number of nitrogens with two attached hydrogens (primary N) is 1. The summed E-state index contributed by atoms with van der Waals surface area (Å²) in [4.78, 5) is 7.75. The van der Waals surface area contributed by atoms with E-state index < -0.39 is 0 Å². The zero-order valence-corrected chi connectivity index (χ0v) is 8.28. The maximum Gasteiger partial charge on any atom is 0.147 e. The van der Waals surface area contributed by atoms with E-state index in [1.54, 1.807) is 0 Å². The predicted octanol–water partition coefficient (Wildman–Crippen LogP) is 0.497. The Hall–Kier alpha value is -1.67. The fourth-order valence-corrected chi connectivity index (χ4v) is 0.883. The maximum absolute atomic E-state index is 8.79. The third-order valence-corrected chi connectivity index (χ3v) is 1.80. The standard InChI is InChI=1S/C9H13N5/c1-9(2,5-11)14-8-7(3-10)4-12-6-13-8/h4,6H,5,11H2,1-2H3,(H,12,13,14). The van der Waals surface area contributed by atoms with Crippen LogP contribution in [0.15, 0.2) is 12.5 Å². The summed E-state index contributed by atoms with van der Waals surface area (Å²) in [5, 5.41) is 11.9. The minimum atomic E-state index is -0.278. The molecule has 0 amide bonds. The molecular weight excluding hydrogens is 178 g/mol. The van der Waals surface area contributed by atoms with Gasteiger partial charge in [-0.25, -0.2) is 9.97 Å². The molecule has 0 fully saturated rings. The molecule has 3 N–H and O–H groups in total. The fraction of sp³-hybridized carbons (Fsp3) is 0.444. The van der Waals surface area contributed by atoms with Crippen LogP contribution in [0.4, 0.5) is 5.82 Å². The molecule has 0 spiro atoms. The Balaban J connectivity index is 2.92. The lowest BCUT2D eigenvalue weighted by atomic mass is 10.1. The van der Waals surface area contributed by atoms with E-state index in [0.717, 1.165) is 0 Å². The number of aromatic nitrogens is 2. The van der Waals surface area contributed by atoms with Gasteiger partial charge < -0.3 is 11.1 Å². The Morgan fingerprint density at radius 1 is 1.64 bits per heavy atom. The highest BCUT2D eigenvalue weighted by Crippen LogP contribution is 2.14. The summed E-state index contributed by atoms with van der Waals surface area (Å²) in [6, 6.07) is 2.01. The number of nitrogens with zero attached hydrogens (tertiary/aromatic N) is 3. The Labute approximate surface area is 83.0 Å². The minimum Gasteiger partial charge on any atom is -0.363 e. The number of nitrogens with one attached hydrogen (secondary N) is 1. The van der Waals surface area contributed by atoms with Gasteiger partial charge in [-0.1, -0.05) is 0 Å². The molecule has 0 radical (unpaired) electrons. The van der Waals surface area contributed by atoms with E-state index >= 15 is 0 Å². The van der Waals surface area contributed by atoms with Crippen LogP contribution in [0.5, 0.6) is 0 Å². The lowest BCUT2D eigenvalue weighted by molar-refractivity contribution is 0.577. The average Bonchev–Trinajstić information content (AvgIpc) is 2.18. The van der Waals surface area contributed by atoms with Crippen molar-refractivity contribution in [2.45, 2.75) is 19.4 Å². The summed E-state index contributed by atoms with van der Waals surface area (Å²) < 4.78 is 0. The Kier molecular flexibility index (Phi) is 2.99. The molecule has 14 heavy (non-hydrogen) atoms. The number of hydrogen-bond donors (Lipinski definition) is 2. The summed E-state index contributed by atoms with van der Waals surface area (Å²) in [5.41, 5.74) is 5.70. The smallest absolute Gasteiger partial charge is 0.147 e. The molecule has 5 heteroatoms. The molecule has 0 saturated heterocycles. The van der Waals surface area contributed by atoms with Crippen LogP contribution in [0.1, 0.15) is 19.4 Å². The highest BCUT2D eigenvalue weighted by Gasteiger charge is 2.17. The molecular formula is C9H13N5. The van der Waals surface area contributed by atoms with Gasteiger partial charge in [0.25, 0.3) is 0 Å². The minimum absolute atomic E-state index is 0.278. The molecule has 0 bridgehead atoms. The van der Waals surface area contributed by atoms with Gasteiger partial charge in [0.1, 0.15) is 23.8 Å². The molecule has 1 heterocycles. The van der Waals surface area contributed by atoms with E-state index in [2.05, 4.69) is 15.3 Å². The maximum atomic E-state index is 8.79. The first kappa shape index (κ1) is 10.4. The molecule has 0 aromatic carbocycles. The molecule has 1 rings (SSSR count). The Bertz CT molecular complexity index is 352. The highest BCUT2D eigenvalue weighted by atomic mass is 15.1. The summed E-state index contributed by atoms with van der Waals surface area (Å²) >= 11 is 0. The Morgan fingerprint density at radius 2 is 2.36 bits per heavy atom. The first-order valence-electron chi connectivity index (χ1n) is 4.27. The van der Waals surface area contributed by atoms with Crippen molar-refractivity contribution in [3.63, 3.8) is 0 Å². The van der Waals surface area contributed by atoms with Crippen LogP contribution in [0.3, 0.4) is 0 Å². The van der Waals surface area contributed by atoms with Crippen molar-refractivity contribution >= 4 is 5.82 Å². The van der Waals surface area contributed by atoms with Gasteiger partial charge in [-0.15, -0.1) is 0 Å². The normalized spacial score (nSPS) is 10.7. The van der Waals surface area contributed by atoms with Crippen molar-refractivity contribution in [1.82, 2.24) is 9.97 Å². The molecule has 0 saturated carbocycles. The Morgan fingerprint density at radius 3 is 2.93 bits per heavy atom. The number of nitriles is 1. The predicted molar refractivity (Wildman–Crippen MR) is 53.5 cm³/mol. The second kappa shape index (κ2) is 4.03. The molecule has 0 aliphatic carbocycles. The first-order chi connectivity index (χ1) is 6.59. The molecule has 0 atom stereocenters. The summed E-state index contributed by atoms with van der Waals surface area (Å²) in [6.07, 6.45) is 2.87. The molecule has 1 aromatic heterocycles. The van der Waals surface area contributed by atoms with Gasteiger partial charge >= 0.3 is 0 Å². The van der Waals surface area contributed by atoms with Crippen molar-refractivity contribution in [2.75, 3.05) is 11.9 Å². The lowest BCUT2D eigenvalue weighted by Gasteiger charge is -2.24. The SMILES string of the molecule is CC(C)(CN)Nc1ncncc1C#N. The van der Waals surface area contributed by atoms with E-state index in [4.69, 9.17) is 11.0 Å². The first-order valence-corrected chi connectivity index (χ1v) is 4.27. The van der Waals surface area contributed by atoms with Crippen LogP contribution < -0.4 is 11.1 Å². The van der Waals surface area contributed by atoms with E-state index in [0.29, 0.717) is 17.9 Å². The van der Waals surface area contributed by atoms with Gasteiger partial charge in [-0.3, -0.25) is 0 Å². The van der Waals surface area contributed by atoms with Crippen LogP contribution in [0.25, 0.3) is 0 Å². The quantitative estimate of drug-likeness (QED) is 0.726. The zero-order chi connectivity index (χ0) is 10.6. The lowest BCUT2D eigenvalue weighted by Crippen LogP contribution is -2.39. The molecule has 0 aliphatic rings. The second-order valence-corrected chi connectivity index (χ2v) is 3.61. The van der Waals surface area contributed by atoms with Crippen molar-refractivity contribution in [2.24, 2.45) is 5.73 Å². The van der Waals surface area contributed by atoms with Crippen molar-refractivity contribution < 1.29 is 0 Å². The number of rotatable bonds is 3. The van der Waals surface area contributed by atoms with Gasteiger partial charge in [-0.2, -0.15) is 5.26 Å². The zero-order valence-electron chi connectivity index (χ0n) is 8.28. The molecule has 74 valence electrons. The van der Waals surface area contributed by atoms with Crippen LogP contribution >= 0.6 is 0 Å². The van der Waals surface area contributed by atoms with Gasteiger partial charge in [-0.05, 0) is 13.8 Å². The van der Waals surface area contributed by atoms with E-state index in [-0.39, 0.29) is 5.54 Å². The van der Waals surface area contributed by atoms with Crippen molar-refractivity contribution in [3.8, 4) is 6.07 Å². The van der Waals surface area contributed by atoms with Gasteiger partial charge in [0, 0.05) is 12.1 Å². The molecule has 1 aromatic rings. The van der Waals surface area contributed by atoms with Crippen molar-refractivity contribution in [3.05, 3.63) is 18.1 Å². The fourth-order valence-electron chi connectivity index (χ4n) is 0.883. The van der Waals surface area contributed by atoms with Gasteiger partial charge in [0.15, 0.2) is 0 Å². The monoisotopic (exact) mass is 191 g/mol. The number of hydrogen-bond acceptors (Lipinski definition) is 5. The van der Waals surface area contributed by atoms with E-state index in [1.165, 1.54) is 12.5 Å². The van der Waals surface area contributed by atoms with Crippen LogP contribution in [0.2, 0.25) is 0 Å². The molecule has 0 unspecified atom stereocenters. The summed E-state index contributed by atoms with van der Waals surface area (Å²) in [5.74, 6) is 0.526. The van der Waals surface area contributed by atoms with Crippen LogP contribution in [-0.4, -0.2) is 22.1 Å².